The standard InChI is InChI=1S/C19H22FNO4S/c1-13(2)26(24,25)21-12-19(3,20)17-10-8-15(9-11-17)14-4-6-16(7-5-14)18(22)23/h4-11,13,21H,12H2,1-3H3,(H,22,23)/t19-/m0/s1. The Morgan fingerprint density at radius 1 is 1.08 bits per heavy atom. The molecule has 0 bridgehead atoms. The first kappa shape index (κ1) is 20.1. The fourth-order valence-corrected chi connectivity index (χ4v) is 3.13. The van der Waals surface area contributed by atoms with E-state index in [2.05, 4.69) is 4.72 Å². The first-order valence-corrected chi connectivity index (χ1v) is 9.69. The van der Waals surface area contributed by atoms with Crippen LogP contribution in [0.3, 0.4) is 0 Å². The summed E-state index contributed by atoms with van der Waals surface area (Å²) in [6, 6.07) is 13.0. The maximum atomic E-state index is 14.9. The molecule has 140 valence electrons. The molecular weight excluding hydrogens is 357 g/mol. The Balaban J connectivity index is 2.16. The summed E-state index contributed by atoms with van der Waals surface area (Å²) < 4.78 is 40.8. The molecule has 0 unspecified atom stereocenters. The van der Waals surface area contributed by atoms with Gasteiger partial charge in [0.25, 0.3) is 0 Å². The summed E-state index contributed by atoms with van der Waals surface area (Å²) in [5.74, 6) is -0.996. The summed E-state index contributed by atoms with van der Waals surface area (Å²) in [4.78, 5) is 10.9. The number of hydrogen-bond acceptors (Lipinski definition) is 3. The summed E-state index contributed by atoms with van der Waals surface area (Å²) in [5, 5.41) is 8.29. The molecular formula is C19H22FNO4S. The van der Waals surface area contributed by atoms with Gasteiger partial charge in [-0.1, -0.05) is 36.4 Å². The van der Waals surface area contributed by atoms with Crippen LogP contribution < -0.4 is 4.72 Å². The molecule has 0 heterocycles. The molecule has 0 radical (unpaired) electrons. The third-order valence-electron chi connectivity index (χ3n) is 4.18. The Morgan fingerprint density at radius 2 is 1.54 bits per heavy atom. The second kappa shape index (κ2) is 7.55. The maximum Gasteiger partial charge on any atom is 0.335 e. The van der Waals surface area contributed by atoms with Crippen LogP contribution >= 0.6 is 0 Å². The number of hydrogen-bond donors (Lipinski definition) is 2. The molecule has 1 atom stereocenters. The van der Waals surface area contributed by atoms with Crippen LogP contribution in [-0.4, -0.2) is 31.3 Å². The van der Waals surface area contributed by atoms with Gasteiger partial charge in [-0.15, -0.1) is 0 Å². The van der Waals surface area contributed by atoms with Gasteiger partial charge in [0.2, 0.25) is 10.0 Å². The van der Waals surface area contributed by atoms with Gasteiger partial charge >= 0.3 is 5.97 Å². The number of nitrogens with one attached hydrogen (secondary N) is 1. The third kappa shape index (κ3) is 4.68. The lowest BCUT2D eigenvalue weighted by Crippen LogP contribution is -2.39. The van der Waals surface area contributed by atoms with Gasteiger partial charge in [0.05, 0.1) is 10.8 Å². The number of carboxylic acid groups (broad SMARTS) is 1. The van der Waals surface area contributed by atoms with E-state index >= 15 is 0 Å². The number of carboxylic acids is 1. The van der Waals surface area contributed by atoms with Crippen molar-refractivity contribution in [1.82, 2.24) is 4.72 Å². The van der Waals surface area contributed by atoms with Crippen LogP contribution in [0.1, 0.15) is 36.7 Å². The predicted molar refractivity (Wildman–Crippen MR) is 99.4 cm³/mol. The van der Waals surface area contributed by atoms with E-state index in [9.17, 15) is 17.6 Å². The molecule has 2 aromatic carbocycles. The van der Waals surface area contributed by atoms with Crippen LogP contribution in [-0.2, 0) is 15.7 Å². The summed E-state index contributed by atoms with van der Waals surface area (Å²) in [7, 11) is -3.54. The molecule has 0 saturated carbocycles. The molecule has 2 rings (SSSR count). The van der Waals surface area contributed by atoms with E-state index < -0.39 is 26.9 Å². The average Bonchev–Trinajstić information content (AvgIpc) is 2.60. The number of rotatable bonds is 7. The molecule has 0 amide bonds. The molecule has 26 heavy (non-hydrogen) atoms. The molecule has 0 aliphatic carbocycles. The van der Waals surface area contributed by atoms with Crippen molar-refractivity contribution >= 4 is 16.0 Å². The topological polar surface area (TPSA) is 83.5 Å². The monoisotopic (exact) mass is 379 g/mol. The molecule has 0 spiro atoms. The highest BCUT2D eigenvalue weighted by atomic mass is 32.2. The van der Waals surface area contributed by atoms with Crippen molar-refractivity contribution in [3.63, 3.8) is 0 Å². The smallest absolute Gasteiger partial charge is 0.335 e. The second-order valence-corrected chi connectivity index (χ2v) is 8.89. The lowest BCUT2D eigenvalue weighted by Gasteiger charge is -2.22. The molecule has 0 aromatic heterocycles. The van der Waals surface area contributed by atoms with Crippen molar-refractivity contribution < 1.29 is 22.7 Å². The van der Waals surface area contributed by atoms with Crippen molar-refractivity contribution in [2.45, 2.75) is 31.7 Å². The average molecular weight is 379 g/mol. The van der Waals surface area contributed by atoms with Gasteiger partial charge in [0.1, 0.15) is 5.67 Å². The number of carbonyl (C=O) groups is 1. The highest BCUT2D eigenvalue weighted by Gasteiger charge is 2.28. The maximum absolute atomic E-state index is 14.9. The van der Waals surface area contributed by atoms with Crippen LogP contribution in [0, 0.1) is 0 Å². The van der Waals surface area contributed by atoms with Crippen LogP contribution in [0.2, 0.25) is 0 Å². The van der Waals surface area contributed by atoms with E-state index in [1.54, 1.807) is 36.4 Å². The zero-order chi connectivity index (χ0) is 19.5. The minimum absolute atomic E-state index is 0.194. The minimum Gasteiger partial charge on any atom is -0.478 e. The van der Waals surface area contributed by atoms with Crippen molar-refractivity contribution in [3.8, 4) is 11.1 Å². The minimum atomic E-state index is -3.54. The molecule has 7 heteroatoms. The fraction of sp³-hybridized carbons (Fsp3) is 0.316. The summed E-state index contributed by atoms with van der Waals surface area (Å²) in [5.41, 5.74) is 0.314. The predicted octanol–water partition coefficient (Wildman–Crippen LogP) is 3.56. The Kier molecular flexibility index (Phi) is 5.83. The molecule has 0 fully saturated rings. The van der Waals surface area contributed by atoms with Crippen molar-refractivity contribution in [2.75, 3.05) is 6.54 Å². The van der Waals surface area contributed by atoms with Gasteiger partial charge in [-0.25, -0.2) is 22.3 Å². The van der Waals surface area contributed by atoms with Crippen LogP contribution in [0.4, 0.5) is 4.39 Å². The van der Waals surface area contributed by atoms with E-state index in [1.165, 1.54) is 32.9 Å². The van der Waals surface area contributed by atoms with Crippen LogP contribution in [0.5, 0.6) is 0 Å². The largest absolute Gasteiger partial charge is 0.478 e. The fourth-order valence-electron chi connectivity index (χ4n) is 2.32. The Hall–Kier alpha value is -2.25. The lowest BCUT2D eigenvalue weighted by atomic mass is 9.95. The van der Waals surface area contributed by atoms with Gasteiger partial charge in [-0.2, -0.15) is 0 Å². The van der Waals surface area contributed by atoms with E-state index in [-0.39, 0.29) is 12.1 Å². The molecule has 0 aliphatic rings. The number of aromatic carboxylic acids is 1. The molecule has 2 N–H and O–H groups in total. The second-order valence-electron chi connectivity index (χ2n) is 6.57. The Labute approximate surface area is 152 Å². The van der Waals surface area contributed by atoms with Gasteiger partial charge in [0.15, 0.2) is 0 Å². The molecule has 0 saturated heterocycles. The van der Waals surface area contributed by atoms with Crippen molar-refractivity contribution in [3.05, 3.63) is 59.7 Å². The van der Waals surface area contributed by atoms with Gasteiger partial charge in [-0.3, -0.25) is 0 Å². The SMILES string of the molecule is CC(C)S(=O)(=O)NC[C@](C)(F)c1ccc(-c2ccc(C(=O)O)cc2)cc1. The number of alkyl halides is 1. The highest BCUT2D eigenvalue weighted by Crippen LogP contribution is 2.28. The van der Waals surface area contributed by atoms with Crippen LogP contribution in [0.15, 0.2) is 48.5 Å². The van der Waals surface area contributed by atoms with Crippen LogP contribution in [0.25, 0.3) is 11.1 Å². The number of benzene rings is 2. The summed E-state index contributed by atoms with van der Waals surface area (Å²) in [6.45, 7) is 4.04. The first-order chi connectivity index (χ1) is 12.0. The number of sulfonamides is 1. The van der Waals surface area contributed by atoms with Crippen molar-refractivity contribution in [2.24, 2.45) is 0 Å². The molecule has 0 aliphatic heterocycles. The Morgan fingerprint density at radius 3 is 1.96 bits per heavy atom. The normalized spacial score (nSPS) is 14.2. The zero-order valence-electron chi connectivity index (χ0n) is 14.9. The van der Waals surface area contributed by atoms with Crippen molar-refractivity contribution in [1.29, 1.82) is 0 Å². The van der Waals surface area contributed by atoms with E-state index in [4.69, 9.17) is 5.11 Å². The van der Waals surface area contributed by atoms with E-state index in [0.717, 1.165) is 11.1 Å². The Bertz CT molecular complexity index is 873. The van der Waals surface area contributed by atoms with Gasteiger partial charge in [-0.05, 0) is 49.6 Å². The van der Waals surface area contributed by atoms with Gasteiger partial charge < -0.3 is 5.11 Å². The summed E-state index contributed by atoms with van der Waals surface area (Å²) in [6.07, 6.45) is 0. The first-order valence-electron chi connectivity index (χ1n) is 8.14. The number of halogens is 1. The third-order valence-corrected chi connectivity index (χ3v) is 5.97. The summed E-state index contributed by atoms with van der Waals surface area (Å²) >= 11 is 0. The molecule has 5 nitrogen and oxygen atoms in total. The lowest BCUT2D eigenvalue weighted by molar-refractivity contribution is 0.0697. The highest BCUT2D eigenvalue weighted by molar-refractivity contribution is 7.90. The molecule has 2 aromatic rings. The van der Waals surface area contributed by atoms with E-state index in [1.807, 2.05) is 0 Å². The van der Waals surface area contributed by atoms with E-state index in [0.29, 0.717) is 5.56 Å². The zero-order valence-corrected chi connectivity index (χ0v) is 15.7. The van der Waals surface area contributed by atoms with Gasteiger partial charge in [0, 0.05) is 6.54 Å². The quantitative estimate of drug-likeness (QED) is 0.770.